The van der Waals surface area contributed by atoms with E-state index in [1.165, 1.54) is 5.56 Å². The van der Waals surface area contributed by atoms with Crippen molar-refractivity contribution in [2.24, 2.45) is 21.7 Å². The van der Waals surface area contributed by atoms with Crippen LogP contribution in [0.2, 0.25) is 0 Å². The molecule has 0 heterocycles. The van der Waals surface area contributed by atoms with E-state index in [0.717, 1.165) is 16.8 Å². The Hall–Kier alpha value is -2.33. The summed E-state index contributed by atoms with van der Waals surface area (Å²) in [7, 11) is 0. The number of rotatable bonds is 3. The van der Waals surface area contributed by atoms with Gasteiger partial charge in [0.1, 0.15) is 5.71 Å². The maximum Gasteiger partial charge on any atom is 0.211 e. The maximum atomic E-state index is 5.34. The van der Waals surface area contributed by atoms with Gasteiger partial charge in [-0.15, -0.1) is 22.6 Å². The first kappa shape index (κ1) is 15.7. The summed E-state index contributed by atoms with van der Waals surface area (Å²) in [6.07, 6.45) is 0. The number of nitrogens with zero attached hydrogens (tertiary/aromatic N) is 2. The van der Waals surface area contributed by atoms with Gasteiger partial charge in [-0.05, 0) is 6.92 Å². The lowest BCUT2D eigenvalue weighted by atomic mass is 10.0. The Labute approximate surface area is 124 Å². The molecule has 2 aromatic rings. The van der Waals surface area contributed by atoms with Gasteiger partial charge >= 0.3 is 0 Å². The monoisotopic (exact) mass is 288 g/mol. The van der Waals surface area contributed by atoms with Gasteiger partial charge in [0.2, 0.25) is 5.96 Å². The predicted molar refractivity (Wildman–Crippen MR) is 86.3 cm³/mol. The molecule has 0 fully saturated rings. The lowest BCUT2D eigenvalue weighted by Crippen LogP contribution is -2.22. The van der Waals surface area contributed by atoms with Crippen LogP contribution in [0.15, 0.2) is 64.8 Å². The first-order chi connectivity index (χ1) is 9.16. The zero-order valence-electron chi connectivity index (χ0n) is 11.2. The molecule has 20 heavy (non-hydrogen) atoms. The summed E-state index contributed by atoms with van der Waals surface area (Å²) in [5.41, 5.74) is 14.6. The Bertz CT molecular complexity index is 600. The van der Waals surface area contributed by atoms with Crippen LogP contribution in [0.5, 0.6) is 0 Å². The lowest BCUT2D eigenvalue weighted by Gasteiger charge is -2.06. The fourth-order valence-corrected chi connectivity index (χ4v) is 1.70. The summed E-state index contributed by atoms with van der Waals surface area (Å²) >= 11 is 0. The van der Waals surface area contributed by atoms with E-state index in [1.807, 2.05) is 61.5 Å². The van der Waals surface area contributed by atoms with Crippen molar-refractivity contribution in [3.05, 3.63) is 71.3 Å². The Morgan fingerprint density at radius 3 is 1.90 bits per heavy atom. The van der Waals surface area contributed by atoms with Crippen LogP contribution in [0.25, 0.3) is 0 Å². The predicted octanol–water partition coefficient (Wildman–Crippen LogP) is 2.44. The highest BCUT2D eigenvalue weighted by Crippen LogP contribution is 2.12. The van der Waals surface area contributed by atoms with Gasteiger partial charge in [-0.1, -0.05) is 60.2 Å². The van der Waals surface area contributed by atoms with E-state index in [-0.39, 0.29) is 18.4 Å². The summed E-state index contributed by atoms with van der Waals surface area (Å²) in [5, 5.41) is 7.91. The molecule has 0 atom stereocenters. The van der Waals surface area contributed by atoms with E-state index in [0.29, 0.717) is 0 Å². The second-order valence-corrected chi connectivity index (χ2v) is 4.21. The number of nitrogens with two attached hydrogens (primary N) is 2. The molecule has 4 N–H and O–H groups in total. The molecule has 0 radical (unpaired) electrons. The molecule has 0 aromatic heterocycles. The molecular weight excluding hydrogens is 272 g/mol. The molecule has 2 rings (SSSR count). The van der Waals surface area contributed by atoms with E-state index < -0.39 is 0 Å². The maximum absolute atomic E-state index is 5.34. The van der Waals surface area contributed by atoms with Crippen LogP contribution >= 0.6 is 12.4 Å². The summed E-state index contributed by atoms with van der Waals surface area (Å²) < 4.78 is 0. The third-order valence-electron chi connectivity index (χ3n) is 2.64. The summed E-state index contributed by atoms with van der Waals surface area (Å²) in [6, 6.07) is 17.9. The van der Waals surface area contributed by atoms with Crippen molar-refractivity contribution < 1.29 is 0 Å². The van der Waals surface area contributed by atoms with Crippen LogP contribution in [-0.2, 0) is 0 Å². The van der Waals surface area contributed by atoms with Crippen molar-refractivity contribution in [2.45, 2.75) is 6.92 Å². The molecule has 0 amide bonds. The minimum absolute atomic E-state index is 0. The minimum Gasteiger partial charge on any atom is -0.369 e. The van der Waals surface area contributed by atoms with Gasteiger partial charge in [0, 0.05) is 11.1 Å². The second-order valence-electron chi connectivity index (χ2n) is 4.21. The molecule has 104 valence electrons. The Balaban J connectivity index is 0.00000200. The third kappa shape index (κ3) is 4.10. The number of hydrogen-bond acceptors (Lipinski definition) is 2. The molecule has 0 aliphatic heterocycles. The largest absolute Gasteiger partial charge is 0.369 e. The molecule has 0 saturated heterocycles. The molecule has 0 bridgehead atoms. The third-order valence-corrected chi connectivity index (χ3v) is 2.64. The average molecular weight is 289 g/mol. The van der Waals surface area contributed by atoms with E-state index >= 15 is 0 Å². The van der Waals surface area contributed by atoms with Gasteiger partial charge in [0.05, 0.1) is 0 Å². The molecule has 0 aliphatic rings. The van der Waals surface area contributed by atoms with Crippen molar-refractivity contribution in [1.29, 1.82) is 0 Å². The number of halogens is 1. The van der Waals surface area contributed by atoms with Crippen LogP contribution in [0.4, 0.5) is 0 Å². The van der Waals surface area contributed by atoms with E-state index in [1.54, 1.807) is 0 Å². The highest BCUT2D eigenvalue weighted by atomic mass is 35.5. The Kier molecular flexibility index (Phi) is 5.74. The summed E-state index contributed by atoms with van der Waals surface area (Å²) in [5.74, 6) is -0.0551. The summed E-state index contributed by atoms with van der Waals surface area (Å²) in [6.45, 7) is 2.04. The zero-order valence-corrected chi connectivity index (χ0v) is 12.0. The highest BCUT2D eigenvalue weighted by molar-refractivity contribution is 6.13. The summed E-state index contributed by atoms with van der Waals surface area (Å²) in [4.78, 5) is 0. The van der Waals surface area contributed by atoms with E-state index in [2.05, 4.69) is 10.2 Å². The molecule has 0 saturated carbocycles. The van der Waals surface area contributed by atoms with Crippen LogP contribution in [-0.4, -0.2) is 11.7 Å². The fourth-order valence-electron chi connectivity index (χ4n) is 1.70. The van der Waals surface area contributed by atoms with Gasteiger partial charge in [-0.3, -0.25) is 0 Å². The molecule has 2 aromatic carbocycles. The van der Waals surface area contributed by atoms with Gasteiger partial charge in [0.15, 0.2) is 0 Å². The lowest BCUT2D eigenvalue weighted by molar-refractivity contribution is 1.20. The molecule has 5 heteroatoms. The van der Waals surface area contributed by atoms with Gasteiger partial charge in [-0.2, -0.15) is 0 Å². The van der Waals surface area contributed by atoms with Crippen LogP contribution < -0.4 is 11.5 Å². The zero-order chi connectivity index (χ0) is 13.7. The SMILES string of the molecule is Cc1ccc(C(=NN=C(N)N)c2ccccc2)cc1.Cl. The highest BCUT2D eigenvalue weighted by Gasteiger charge is 2.06. The molecule has 0 unspecified atom stereocenters. The van der Waals surface area contributed by atoms with Crippen molar-refractivity contribution in [2.75, 3.05) is 0 Å². The van der Waals surface area contributed by atoms with Crippen molar-refractivity contribution in [3.63, 3.8) is 0 Å². The standard InChI is InChI=1S/C15H16N4.ClH/c1-11-7-9-13(10-8-11)14(18-19-15(16)17)12-5-3-2-4-6-12;/h2-10H,1H3,(H4,16,17,19);1H. The number of guanidine groups is 1. The van der Waals surface area contributed by atoms with Crippen LogP contribution in [0.3, 0.4) is 0 Å². The first-order valence-electron chi connectivity index (χ1n) is 5.96. The minimum atomic E-state index is -0.0551. The molecule has 4 nitrogen and oxygen atoms in total. The number of hydrogen-bond donors (Lipinski definition) is 2. The average Bonchev–Trinajstić information content (AvgIpc) is 2.42. The number of aryl methyl sites for hydroxylation is 1. The normalized spacial score (nSPS) is 10.6. The van der Waals surface area contributed by atoms with E-state index in [9.17, 15) is 0 Å². The Morgan fingerprint density at radius 1 is 0.800 bits per heavy atom. The van der Waals surface area contributed by atoms with E-state index in [4.69, 9.17) is 11.5 Å². The number of benzene rings is 2. The first-order valence-corrected chi connectivity index (χ1v) is 5.96. The molecule has 0 aliphatic carbocycles. The van der Waals surface area contributed by atoms with Gasteiger partial charge in [0.25, 0.3) is 0 Å². The van der Waals surface area contributed by atoms with Crippen LogP contribution in [0.1, 0.15) is 16.7 Å². The van der Waals surface area contributed by atoms with Crippen molar-refractivity contribution in [1.82, 2.24) is 0 Å². The molecule has 0 spiro atoms. The van der Waals surface area contributed by atoms with Crippen molar-refractivity contribution >= 4 is 24.1 Å². The van der Waals surface area contributed by atoms with Gasteiger partial charge in [-0.25, -0.2) is 0 Å². The smallest absolute Gasteiger partial charge is 0.211 e. The van der Waals surface area contributed by atoms with Crippen molar-refractivity contribution in [3.8, 4) is 0 Å². The Morgan fingerprint density at radius 2 is 1.35 bits per heavy atom. The quantitative estimate of drug-likeness (QED) is 0.517. The fraction of sp³-hybridized carbons (Fsp3) is 0.0667. The topological polar surface area (TPSA) is 76.8 Å². The van der Waals surface area contributed by atoms with Gasteiger partial charge < -0.3 is 11.5 Å². The molecular formula is C15H17ClN4. The van der Waals surface area contributed by atoms with Crippen LogP contribution in [0, 0.1) is 6.92 Å². The second kappa shape index (κ2) is 7.31.